The summed E-state index contributed by atoms with van der Waals surface area (Å²) in [6.07, 6.45) is 2.07. The van der Waals surface area contributed by atoms with E-state index in [0.29, 0.717) is 0 Å². The fourth-order valence-electron chi connectivity index (χ4n) is 2.65. The normalized spacial score (nSPS) is 25.4. The van der Waals surface area contributed by atoms with Crippen molar-refractivity contribution in [3.05, 3.63) is 0 Å². The van der Waals surface area contributed by atoms with E-state index in [-0.39, 0.29) is 42.3 Å². The summed E-state index contributed by atoms with van der Waals surface area (Å²) in [5.41, 5.74) is 0.0780. The fraction of sp³-hybridized carbons (Fsp3) is 0.923. The van der Waals surface area contributed by atoms with E-state index in [1.807, 2.05) is 0 Å². The summed E-state index contributed by atoms with van der Waals surface area (Å²) < 4.78 is 5.48. The van der Waals surface area contributed by atoms with Gasteiger partial charge in [-0.2, -0.15) is 0 Å². The van der Waals surface area contributed by atoms with E-state index in [2.05, 4.69) is 29.4 Å². The van der Waals surface area contributed by atoms with Gasteiger partial charge in [0, 0.05) is 25.2 Å². The van der Waals surface area contributed by atoms with Crippen LogP contribution in [-0.4, -0.2) is 61.8 Å². The second-order valence-electron chi connectivity index (χ2n) is 5.79. The van der Waals surface area contributed by atoms with Gasteiger partial charge in [-0.1, -0.05) is 0 Å². The monoisotopic (exact) mass is 327 g/mol. The van der Waals surface area contributed by atoms with Gasteiger partial charge in [0.15, 0.2) is 0 Å². The number of rotatable bonds is 4. The molecule has 0 bridgehead atoms. The van der Waals surface area contributed by atoms with E-state index in [1.54, 1.807) is 0 Å². The van der Waals surface area contributed by atoms with Gasteiger partial charge in [0.25, 0.3) is 0 Å². The van der Waals surface area contributed by atoms with Gasteiger partial charge in [-0.25, -0.2) is 0 Å². The van der Waals surface area contributed by atoms with Gasteiger partial charge in [-0.15, -0.1) is 24.8 Å². The first-order valence-electron chi connectivity index (χ1n) is 6.93. The second kappa shape index (κ2) is 9.05. The summed E-state index contributed by atoms with van der Waals surface area (Å²) in [5, 5.41) is 6.24. The first-order chi connectivity index (χ1) is 8.59. The number of ether oxygens (including phenoxy) is 1. The number of nitrogens with one attached hydrogen (secondary N) is 2. The van der Waals surface area contributed by atoms with Gasteiger partial charge < -0.3 is 15.4 Å². The maximum atomic E-state index is 11.8. The highest BCUT2D eigenvalue weighted by Gasteiger charge is 2.30. The van der Waals surface area contributed by atoms with Crippen LogP contribution in [0.5, 0.6) is 0 Å². The first kappa shape index (κ1) is 19.9. The molecule has 0 radical (unpaired) electrons. The van der Waals surface area contributed by atoms with Crippen molar-refractivity contribution >= 4 is 30.7 Å². The molecule has 0 aromatic carbocycles. The quantitative estimate of drug-likeness (QED) is 0.802. The molecule has 2 rings (SSSR count). The van der Waals surface area contributed by atoms with Crippen molar-refractivity contribution in [2.24, 2.45) is 0 Å². The molecule has 0 spiro atoms. The van der Waals surface area contributed by atoms with E-state index in [4.69, 9.17) is 4.74 Å². The third-order valence-electron chi connectivity index (χ3n) is 3.87. The molecule has 2 N–H and O–H groups in total. The number of carbonyl (C=O) groups excluding carboxylic acids is 1. The Hall–Kier alpha value is -0.0700. The van der Waals surface area contributed by atoms with Crippen molar-refractivity contribution in [3.63, 3.8) is 0 Å². The van der Waals surface area contributed by atoms with Crippen molar-refractivity contribution in [3.8, 4) is 0 Å². The number of halogens is 2. The van der Waals surface area contributed by atoms with Crippen molar-refractivity contribution in [1.29, 1.82) is 0 Å². The Morgan fingerprint density at radius 1 is 1.45 bits per heavy atom. The van der Waals surface area contributed by atoms with Crippen LogP contribution in [0, 0.1) is 0 Å². The fourth-order valence-corrected chi connectivity index (χ4v) is 2.65. The Bertz CT molecular complexity index is 297. The summed E-state index contributed by atoms with van der Waals surface area (Å²) in [4.78, 5) is 14.2. The highest BCUT2D eigenvalue weighted by Crippen LogP contribution is 2.17. The number of amides is 1. The SMILES string of the molecule is CC1(C)COCCN1CCNC(=O)C1CCCN1.Cl.Cl. The minimum atomic E-state index is 0. The largest absolute Gasteiger partial charge is 0.378 e. The molecular formula is C13H27Cl2N3O2. The average molecular weight is 328 g/mol. The lowest BCUT2D eigenvalue weighted by molar-refractivity contribution is -0.123. The maximum absolute atomic E-state index is 11.8. The lowest BCUT2D eigenvalue weighted by atomic mass is 10.0. The summed E-state index contributed by atoms with van der Waals surface area (Å²) in [5.74, 6) is 0.151. The van der Waals surface area contributed by atoms with E-state index in [9.17, 15) is 4.79 Å². The standard InChI is InChI=1S/C13H25N3O2.2ClH/c1-13(2)10-18-9-8-16(13)7-6-15-12(17)11-4-3-5-14-11;;/h11,14H,3-10H2,1-2H3,(H,15,17);2*1H. The maximum Gasteiger partial charge on any atom is 0.237 e. The molecule has 0 aromatic heterocycles. The predicted molar refractivity (Wildman–Crippen MR) is 85.0 cm³/mol. The first-order valence-corrected chi connectivity index (χ1v) is 6.93. The molecule has 2 fully saturated rings. The van der Waals surface area contributed by atoms with Gasteiger partial charge in [0.1, 0.15) is 0 Å². The molecule has 0 aromatic rings. The van der Waals surface area contributed by atoms with Crippen LogP contribution in [0.4, 0.5) is 0 Å². The van der Waals surface area contributed by atoms with Gasteiger partial charge in [-0.05, 0) is 33.2 Å². The van der Waals surface area contributed by atoms with Crippen LogP contribution in [0.3, 0.4) is 0 Å². The third-order valence-corrected chi connectivity index (χ3v) is 3.87. The molecule has 7 heteroatoms. The van der Waals surface area contributed by atoms with Crippen LogP contribution in [0.2, 0.25) is 0 Å². The topological polar surface area (TPSA) is 53.6 Å². The second-order valence-corrected chi connectivity index (χ2v) is 5.79. The Balaban J connectivity index is 0.00000180. The summed E-state index contributed by atoms with van der Waals surface area (Å²) in [6.45, 7) is 9.47. The lowest BCUT2D eigenvalue weighted by Crippen LogP contribution is -2.55. The molecule has 2 aliphatic heterocycles. The molecule has 0 aliphatic carbocycles. The smallest absolute Gasteiger partial charge is 0.237 e. The number of hydrogen-bond acceptors (Lipinski definition) is 4. The van der Waals surface area contributed by atoms with Crippen LogP contribution in [0.15, 0.2) is 0 Å². The zero-order valence-electron chi connectivity index (χ0n) is 12.3. The van der Waals surface area contributed by atoms with Crippen molar-refractivity contribution < 1.29 is 9.53 Å². The van der Waals surface area contributed by atoms with Gasteiger partial charge in [0.2, 0.25) is 5.91 Å². The Labute approximate surface area is 134 Å². The molecule has 1 unspecified atom stereocenters. The van der Waals surface area contributed by atoms with Gasteiger partial charge >= 0.3 is 0 Å². The van der Waals surface area contributed by atoms with Gasteiger partial charge in [0.05, 0.1) is 19.3 Å². The Morgan fingerprint density at radius 3 is 2.80 bits per heavy atom. The Kier molecular flexibility index (Phi) is 9.02. The van der Waals surface area contributed by atoms with E-state index in [1.165, 1.54) is 0 Å². The summed E-state index contributed by atoms with van der Waals surface area (Å²) >= 11 is 0. The zero-order valence-corrected chi connectivity index (χ0v) is 13.9. The molecule has 2 heterocycles. The number of nitrogens with zero attached hydrogens (tertiary/aromatic N) is 1. The highest BCUT2D eigenvalue weighted by molar-refractivity contribution is 5.85. The number of hydrogen-bond donors (Lipinski definition) is 2. The molecule has 1 atom stereocenters. The van der Waals surface area contributed by atoms with Crippen LogP contribution >= 0.6 is 24.8 Å². The summed E-state index contributed by atoms with van der Waals surface area (Å²) in [6, 6.07) is 0.0303. The minimum absolute atomic E-state index is 0. The molecule has 2 saturated heterocycles. The van der Waals surface area contributed by atoms with Crippen molar-refractivity contribution in [2.45, 2.75) is 38.3 Å². The van der Waals surface area contributed by atoms with E-state index < -0.39 is 0 Å². The molecular weight excluding hydrogens is 301 g/mol. The van der Waals surface area contributed by atoms with Crippen molar-refractivity contribution in [1.82, 2.24) is 15.5 Å². The van der Waals surface area contributed by atoms with Gasteiger partial charge in [-0.3, -0.25) is 9.69 Å². The average Bonchev–Trinajstić information content (AvgIpc) is 2.84. The third kappa shape index (κ3) is 5.37. The molecule has 20 heavy (non-hydrogen) atoms. The lowest BCUT2D eigenvalue weighted by Gasteiger charge is -2.42. The zero-order chi connectivity index (χ0) is 13.0. The molecule has 1 amide bonds. The highest BCUT2D eigenvalue weighted by atomic mass is 35.5. The van der Waals surface area contributed by atoms with Crippen LogP contribution < -0.4 is 10.6 Å². The molecule has 120 valence electrons. The Morgan fingerprint density at radius 2 is 2.20 bits per heavy atom. The van der Waals surface area contributed by atoms with Crippen LogP contribution in [0.1, 0.15) is 26.7 Å². The van der Waals surface area contributed by atoms with E-state index >= 15 is 0 Å². The van der Waals surface area contributed by atoms with Crippen LogP contribution in [-0.2, 0) is 9.53 Å². The van der Waals surface area contributed by atoms with Crippen molar-refractivity contribution in [2.75, 3.05) is 39.4 Å². The summed E-state index contributed by atoms with van der Waals surface area (Å²) in [7, 11) is 0. The molecule has 5 nitrogen and oxygen atoms in total. The van der Waals surface area contributed by atoms with Crippen LogP contribution in [0.25, 0.3) is 0 Å². The predicted octanol–water partition coefficient (Wildman–Crippen LogP) is 0.809. The number of carbonyl (C=O) groups is 1. The molecule has 2 aliphatic rings. The minimum Gasteiger partial charge on any atom is -0.378 e. The van der Waals surface area contributed by atoms with E-state index in [0.717, 1.165) is 52.2 Å². The number of morpholine rings is 1. The molecule has 0 saturated carbocycles.